The predicted molar refractivity (Wildman–Crippen MR) is 172 cm³/mol. The number of rotatable bonds is 12. The number of alkyl halides is 6. The molecule has 0 bridgehead atoms. The van der Waals surface area contributed by atoms with Crippen LogP contribution in [0, 0.1) is 0 Å². The monoisotopic (exact) mass is 694 g/mol. The Morgan fingerprint density at radius 1 is 0.604 bits per heavy atom. The molecule has 0 saturated heterocycles. The zero-order chi connectivity index (χ0) is 35.6. The summed E-state index contributed by atoms with van der Waals surface area (Å²) in [5.74, 6) is 0. The predicted octanol–water partition coefficient (Wildman–Crippen LogP) is 8.08. The van der Waals surface area contributed by atoms with Gasteiger partial charge in [-0.25, -0.2) is 0 Å². The van der Waals surface area contributed by atoms with Gasteiger partial charge in [0, 0.05) is 49.1 Å². The summed E-state index contributed by atoms with van der Waals surface area (Å²) in [5, 5.41) is 31.3. The topological polar surface area (TPSA) is 95.7 Å². The smallest absolute Gasteiger partial charge is 0.416 e. The first-order valence-corrected chi connectivity index (χ1v) is 18.7. The molecule has 3 N–H and O–H groups in total. The number of aliphatic hydroxyl groups excluding tert-OH is 1. The third-order valence-corrected chi connectivity index (χ3v) is 8.60. The lowest BCUT2D eigenvalue weighted by molar-refractivity contribution is -0.138. The Labute approximate surface area is 277 Å². The highest BCUT2D eigenvalue weighted by Gasteiger charge is 2.37. The Bertz CT molecular complexity index is 1570. The number of hydrogen-bond acceptors (Lipinski definition) is 6. The molecule has 0 aliphatic heterocycles. The summed E-state index contributed by atoms with van der Waals surface area (Å²) >= 11 is 0. The molecule has 0 radical (unpaired) electrons. The summed E-state index contributed by atoms with van der Waals surface area (Å²) in [4.78, 5) is 7.92. The van der Waals surface area contributed by atoms with Gasteiger partial charge in [-0.05, 0) is 92.8 Å². The van der Waals surface area contributed by atoms with Gasteiger partial charge in [0.15, 0.2) is 8.32 Å². The van der Waals surface area contributed by atoms with E-state index in [4.69, 9.17) is 9.53 Å². The van der Waals surface area contributed by atoms with E-state index in [0.717, 1.165) is 24.3 Å². The van der Waals surface area contributed by atoms with Crippen LogP contribution in [0.2, 0.25) is 19.6 Å². The standard InChI is InChI=1S/C19H24F3NO2Si.C16H16F3NO2/c1-26(2,3)25-12-6-10-18(24,17-9-5-11-23-14-17)15-7-4-8-16(13-15)19(20,21)22;17-16(18,19)13-5-1-4-12(10-13)15(22,7-3-9-21)14-6-2-8-20-11-14/h4-5,7-9,11,13-14,24H,6,10,12H2,1-3H3;1-2,4-6,8,10-11,21-22H,3,7,9H2. The van der Waals surface area contributed by atoms with Crippen LogP contribution in [0.4, 0.5) is 26.3 Å². The van der Waals surface area contributed by atoms with Crippen molar-refractivity contribution in [2.24, 2.45) is 0 Å². The average Bonchev–Trinajstić information content (AvgIpc) is 3.05. The molecular formula is C35H40F6N2O4Si. The first-order chi connectivity index (χ1) is 22.4. The van der Waals surface area contributed by atoms with E-state index in [1.54, 1.807) is 30.5 Å². The Hall–Kier alpha value is -3.62. The molecule has 260 valence electrons. The van der Waals surface area contributed by atoms with Crippen molar-refractivity contribution in [1.29, 1.82) is 0 Å². The zero-order valence-electron chi connectivity index (χ0n) is 26.9. The fourth-order valence-corrected chi connectivity index (χ4v) is 5.83. The molecular weight excluding hydrogens is 654 g/mol. The third-order valence-electron chi connectivity index (χ3n) is 7.53. The van der Waals surface area contributed by atoms with Crippen molar-refractivity contribution in [2.75, 3.05) is 13.2 Å². The summed E-state index contributed by atoms with van der Waals surface area (Å²) in [6, 6.07) is 16.0. The van der Waals surface area contributed by atoms with Crippen LogP contribution < -0.4 is 0 Å². The molecule has 2 aromatic heterocycles. The van der Waals surface area contributed by atoms with Crippen molar-refractivity contribution in [3.63, 3.8) is 0 Å². The van der Waals surface area contributed by atoms with Gasteiger partial charge in [-0.15, -0.1) is 0 Å². The number of nitrogens with zero attached hydrogens (tertiary/aromatic N) is 2. The highest BCUT2D eigenvalue weighted by molar-refractivity contribution is 6.69. The molecule has 0 aliphatic carbocycles. The second-order valence-electron chi connectivity index (χ2n) is 12.3. The molecule has 6 nitrogen and oxygen atoms in total. The minimum atomic E-state index is -4.48. The summed E-state index contributed by atoms with van der Waals surface area (Å²) in [6.07, 6.45) is -1.87. The molecule has 0 aliphatic rings. The minimum Gasteiger partial charge on any atom is -0.418 e. The van der Waals surface area contributed by atoms with Gasteiger partial charge in [-0.3, -0.25) is 9.97 Å². The van der Waals surface area contributed by atoms with Gasteiger partial charge in [0.05, 0.1) is 11.1 Å². The zero-order valence-corrected chi connectivity index (χ0v) is 27.9. The maximum absolute atomic E-state index is 13.1. The molecule has 2 heterocycles. The van der Waals surface area contributed by atoms with Crippen LogP contribution in [-0.2, 0) is 28.0 Å². The Kier molecular flexibility index (Phi) is 13.1. The van der Waals surface area contributed by atoms with Gasteiger partial charge in [0.25, 0.3) is 0 Å². The molecule has 2 atom stereocenters. The quantitative estimate of drug-likeness (QED) is 0.0789. The van der Waals surface area contributed by atoms with Gasteiger partial charge in [0.2, 0.25) is 0 Å². The van der Waals surface area contributed by atoms with E-state index >= 15 is 0 Å². The van der Waals surface area contributed by atoms with E-state index < -0.39 is 43.0 Å². The highest BCUT2D eigenvalue weighted by Crippen LogP contribution is 2.39. The molecule has 2 aromatic carbocycles. The van der Waals surface area contributed by atoms with E-state index in [9.17, 15) is 36.6 Å². The summed E-state index contributed by atoms with van der Waals surface area (Å²) in [7, 11) is -1.69. The first kappa shape index (κ1) is 38.8. The van der Waals surface area contributed by atoms with Gasteiger partial charge in [-0.2, -0.15) is 26.3 Å². The van der Waals surface area contributed by atoms with Gasteiger partial charge >= 0.3 is 12.4 Å². The largest absolute Gasteiger partial charge is 0.418 e. The van der Waals surface area contributed by atoms with Gasteiger partial charge in [-0.1, -0.05) is 36.4 Å². The van der Waals surface area contributed by atoms with Crippen LogP contribution in [0.25, 0.3) is 0 Å². The number of halogens is 6. The SMILES string of the molecule is C[Si](C)(C)OCCCC(O)(c1cccnc1)c1cccc(C(F)(F)F)c1.OCCCC(O)(c1cccnc1)c1cccc(C(F)(F)F)c1. The number of aromatic nitrogens is 2. The Morgan fingerprint density at radius 3 is 1.35 bits per heavy atom. The number of benzene rings is 2. The lowest BCUT2D eigenvalue weighted by Crippen LogP contribution is -2.30. The molecule has 4 rings (SSSR count). The van der Waals surface area contributed by atoms with Crippen LogP contribution in [-0.4, -0.2) is 46.8 Å². The van der Waals surface area contributed by atoms with Gasteiger partial charge < -0.3 is 19.7 Å². The molecule has 48 heavy (non-hydrogen) atoms. The number of aliphatic hydroxyl groups is 3. The fourth-order valence-electron chi connectivity index (χ4n) is 5.07. The second kappa shape index (κ2) is 16.2. The lowest BCUT2D eigenvalue weighted by atomic mass is 9.83. The Balaban J connectivity index is 0.000000264. The molecule has 0 amide bonds. The molecule has 2 unspecified atom stereocenters. The molecule has 0 fully saturated rings. The van der Waals surface area contributed by atoms with E-state index in [1.807, 2.05) is 0 Å². The van der Waals surface area contributed by atoms with Crippen LogP contribution in [0.1, 0.15) is 59.1 Å². The highest BCUT2D eigenvalue weighted by atomic mass is 28.4. The van der Waals surface area contributed by atoms with E-state index in [2.05, 4.69) is 29.6 Å². The maximum Gasteiger partial charge on any atom is 0.416 e. The molecule has 4 aromatic rings. The average molecular weight is 695 g/mol. The molecule has 13 heteroatoms. The maximum atomic E-state index is 13.1. The van der Waals surface area contributed by atoms with Crippen LogP contribution in [0.5, 0.6) is 0 Å². The van der Waals surface area contributed by atoms with Crippen molar-refractivity contribution in [3.8, 4) is 0 Å². The lowest BCUT2D eigenvalue weighted by Gasteiger charge is -2.30. The van der Waals surface area contributed by atoms with Crippen molar-refractivity contribution in [1.82, 2.24) is 9.97 Å². The second-order valence-corrected chi connectivity index (χ2v) is 16.8. The van der Waals surface area contributed by atoms with E-state index in [-0.39, 0.29) is 37.0 Å². The number of pyridine rings is 2. The minimum absolute atomic E-state index is 0.0938. The number of hydrogen-bond donors (Lipinski definition) is 3. The van der Waals surface area contributed by atoms with Crippen LogP contribution in [0.3, 0.4) is 0 Å². The normalized spacial score (nSPS) is 14.8. The van der Waals surface area contributed by atoms with E-state index in [0.29, 0.717) is 24.2 Å². The van der Waals surface area contributed by atoms with Crippen LogP contribution >= 0.6 is 0 Å². The third kappa shape index (κ3) is 10.7. The molecule has 0 spiro atoms. The van der Waals surface area contributed by atoms with Gasteiger partial charge in [0.1, 0.15) is 11.2 Å². The van der Waals surface area contributed by atoms with Crippen molar-refractivity contribution >= 4 is 8.32 Å². The van der Waals surface area contributed by atoms with E-state index in [1.165, 1.54) is 42.9 Å². The summed E-state index contributed by atoms with van der Waals surface area (Å²) in [6.45, 7) is 6.48. The molecule has 0 saturated carbocycles. The van der Waals surface area contributed by atoms with Crippen molar-refractivity contribution in [2.45, 2.75) is 68.9 Å². The van der Waals surface area contributed by atoms with Crippen molar-refractivity contribution < 1.29 is 46.1 Å². The van der Waals surface area contributed by atoms with Crippen molar-refractivity contribution in [3.05, 3.63) is 131 Å². The summed E-state index contributed by atoms with van der Waals surface area (Å²) < 4.78 is 83.7. The summed E-state index contributed by atoms with van der Waals surface area (Å²) in [5.41, 5.74) is -3.60. The first-order valence-electron chi connectivity index (χ1n) is 15.3. The Morgan fingerprint density at radius 2 is 1.00 bits per heavy atom. The van der Waals surface area contributed by atoms with Crippen LogP contribution in [0.15, 0.2) is 97.6 Å². The fraction of sp³-hybridized carbons (Fsp3) is 0.371.